The fraction of sp³-hybridized carbons (Fsp3) is 0.391. The predicted octanol–water partition coefficient (Wildman–Crippen LogP) is 4.20. The number of aryl methyl sites for hydroxylation is 2. The minimum absolute atomic E-state index is 0.0203. The number of nitrogens with zero attached hydrogens (tertiary/aromatic N) is 1. The molecule has 0 unspecified atom stereocenters. The lowest BCUT2D eigenvalue weighted by atomic mass is 10.1. The largest absolute Gasteiger partial charge is 0.343 e. The first-order valence-corrected chi connectivity index (χ1v) is 9.91. The molecule has 1 heterocycles. The third kappa shape index (κ3) is 6.24. The van der Waals surface area contributed by atoms with E-state index in [0.29, 0.717) is 12.8 Å². The fourth-order valence-electron chi connectivity index (χ4n) is 3.43. The molecule has 1 fully saturated rings. The minimum Gasteiger partial charge on any atom is -0.343 e. The van der Waals surface area contributed by atoms with E-state index in [1.165, 1.54) is 12.0 Å². The quantitative estimate of drug-likeness (QED) is 0.800. The first-order valence-electron chi connectivity index (χ1n) is 9.91. The van der Waals surface area contributed by atoms with Crippen LogP contribution in [-0.2, 0) is 22.4 Å². The molecular weight excluding hydrogens is 336 g/mol. The van der Waals surface area contributed by atoms with E-state index in [9.17, 15) is 9.59 Å². The number of nitrogens with one attached hydrogen (secondary N) is 1. The molecule has 1 aliphatic heterocycles. The molecular formula is C23H28N2O2. The summed E-state index contributed by atoms with van der Waals surface area (Å²) in [5.74, 6) is 0.278. The van der Waals surface area contributed by atoms with Crippen LogP contribution in [0.25, 0.3) is 0 Å². The van der Waals surface area contributed by atoms with E-state index in [0.717, 1.165) is 50.0 Å². The van der Waals surface area contributed by atoms with Crippen LogP contribution in [0.2, 0.25) is 0 Å². The Kier molecular flexibility index (Phi) is 7.03. The second kappa shape index (κ2) is 9.91. The molecule has 0 bridgehead atoms. The number of hydrogen-bond donors (Lipinski definition) is 1. The second-order valence-electron chi connectivity index (χ2n) is 7.17. The Hall–Kier alpha value is -2.62. The zero-order chi connectivity index (χ0) is 18.9. The van der Waals surface area contributed by atoms with E-state index in [4.69, 9.17) is 0 Å². The predicted molar refractivity (Wildman–Crippen MR) is 109 cm³/mol. The third-order valence-corrected chi connectivity index (χ3v) is 5.06. The normalized spacial score (nSPS) is 14.0. The Balaban J connectivity index is 1.41. The molecule has 0 aliphatic carbocycles. The lowest BCUT2D eigenvalue weighted by molar-refractivity contribution is -0.132. The number of anilines is 1. The number of hydrogen-bond acceptors (Lipinski definition) is 2. The van der Waals surface area contributed by atoms with Crippen LogP contribution in [0.15, 0.2) is 54.6 Å². The van der Waals surface area contributed by atoms with Gasteiger partial charge in [-0.25, -0.2) is 0 Å². The average molecular weight is 364 g/mol. The van der Waals surface area contributed by atoms with Crippen molar-refractivity contribution in [2.24, 2.45) is 0 Å². The van der Waals surface area contributed by atoms with Gasteiger partial charge in [0.15, 0.2) is 0 Å². The van der Waals surface area contributed by atoms with Gasteiger partial charge in [0.05, 0.1) is 0 Å². The van der Waals surface area contributed by atoms with Crippen molar-refractivity contribution in [2.75, 3.05) is 18.4 Å². The summed E-state index contributed by atoms with van der Waals surface area (Å²) in [5, 5.41) is 2.94. The molecule has 3 rings (SSSR count). The van der Waals surface area contributed by atoms with Gasteiger partial charge in [0.1, 0.15) is 0 Å². The van der Waals surface area contributed by atoms with Gasteiger partial charge in [0, 0.05) is 31.6 Å². The van der Waals surface area contributed by atoms with E-state index >= 15 is 0 Å². The summed E-state index contributed by atoms with van der Waals surface area (Å²) < 4.78 is 0. The topological polar surface area (TPSA) is 49.4 Å². The van der Waals surface area contributed by atoms with E-state index < -0.39 is 0 Å². The van der Waals surface area contributed by atoms with Gasteiger partial charge in [0.25, 0.3) is 0 Å². The molecule has 2 amide bonds. The Labute approximate surface area is 161 Å². The molecule has 27 heavy (non-hydrogen) atoms. The summed E-state index contributed by atoms with van der Waals surface area (Å²) in [6.45, 7) is 1.82. The molecule has 1 N–H and O–H groups in total. The van der Waals surface area contributed by atoms with Gasteiger partial charge in [-0.3, -0.25) is 9.59 Å². The van der Waals surface area contributed by atoms with Crippen LogP contribution in [0.5, 0.6) is 0 Å². The number of piperidine rings is 1. The Morgan fingerprint density at radius 1 is 0.778 bits per heavy atom. The van der Waals surface area contributed by atoms with Crippen LogP contribution in [0.3, 0.4) is 0 Å². The molecule has 4 nitrogen and oxygen atoms in total. The van der Waals surface area contributed by atoms with Gasteiger partial charge in [-0.2, -0.15) is 0 Å². The number of carbonyl (C=O) groups is 2. The van der Waals surface area contributed by atoms with E-state index in [1.54, 1.807) is 0 Å². The second-order valence-corrected chi connectivity index (χ2v) is 7.17. The highest BCUT2D eigenvalue weighted by molar-refractivity contribution is 5.90. The zero-order valence-corrected chi connectivity index (χ0v) is 15.8. The van der Waals surface area contributed by atoms with Crippen LogP contribution in [0.1, 0.15) is 43.2 Å². The van der Waals surface area contributed by atoms with Gasteiger partial charge in [-0.05, 0) is 55.4 Å². The first-order chi connectivity index (χ1) is 13.2. The van der Waals surface area contributed by atoms with Crippen molar-refractivity contribution < 1.29 is 9.59 Å². The fourth-order valence-corrected chi connectivity index (χ4v) is 3.43. The van der Waals surface area contributed by atoms with E-state index in [1.807, 2.05) is 59.5 Å². The summed E-state index contributed by atoms with van der Waals surface area (Å²) in [4.78, 5) is 26.3. The van der Waals surface area contributed by atoms with Crippen LogP contribution >= 0.6 is 0 Å². The van der Waals surface area contributed by atoms with Crippen LogP contribution in [-0.4, -0.2) is 29.8 Å². The number of likely N-dealkylation sites (tertiary alicyclic amines) is 1. The molecule has 0 saturated carbocycles. The highest BCUT2D eigenvalue weighted by Crippen LogP contribution is 2.14. The lowest BCUT2D eigenvalue weighted by Gasteiger charge is -2.26. The zero-order valence-electron chi connectivity index (χ0n) is 15.8. The van der Waals surface area contributed by atoms with Gasteiger partial charge < -0.3 is 10.2 Å². The highest BCUT2D eigenvalue weighted by atomic mass is 16.2. The summed E-state index contributed by atoms with van der Waals surface area (Å²) in [5.41, 5.74) is 3.10. The van der Waals surface area contributed by atoms with E-state index in [2.05, 4.69) is 5.32 Å². The molecule has 1 aliphatic rings. The molecule has 2 aromatic rings. The smallest absolute Gasteiger partial charge is 0.224 e. The molecule has 0 radical (unpaired) electrons. The number of amides is 2. The molecule has 1 saturated heterocycles. The van der Waals surface area contributed by atoms with Crippen molar-refractivity contribution in [2.45, 2.75) is 44.9 Å². The molecule has 0 spiro atoms. The minimum atomic E-state index is 0.0203. The highest BCUT2D eigenvalue weighted by Gasteiger charge is 2.15. The Morgan fingerprint density at radius 3 is 2.11 bits per heavy atom. The number of benzene rings is 2. The summed E-state index contributed by atoms with van der Waals surface area (Å²) in [6.07, 6.45) is 6.01. The van der Waals surface area contributed by atoms with Gasteiger partial charge in [0.2, 0.25) is 11.8 Å². The first kappa shape index (κ1) is 19.2. The Morgan fingerprint density at radius 2 is 1.41 bits per heavy atom. The standard InChI is InChI=1S/C23H28N2O2/c26-22(15-11-19-7-3-1-4-8-19)24-21-13-9-20(10-14-21)12-16-23(27)25-17-5-2-6-18-25/h1,3-4,7-10,13-14H,2,5-6,11-12,15-18H2,(H,24,26). The van der Waals surface area contributed by atoms with Crippen molar-refractivity contribution in [3.8, 4) is 0 Å². The SMILES string of the molecule is O=C(CCc1ccccc1)Nc1ccc(CCC(=O)N2CCCCC2)cc1. The number of carbonyl (C=O) groups excluding carboxylic acids is 2. The number of rotatable bonds is 7. The van der Waals surface area contributed by atoms with Gasteiger partial charge in [-0.15, -0.1) is 0 Å². The van der Waals surface area contributed by atoms with Crippen molar-refractivity contribution in [1.29, 1.82) is 0 Å². The third-order valence-electron chi connectivity index (χ3n) is 5.06. The average Bonchev–Trinajstić information content (AvgIpc) is 2.73. The summed E-state index contributed by atoms with van der Waals surface area (Å²) >= 11 is 0. The van der Waals surface area contributed by atoms with Gasteiger partial charge in [-0.1, -0.05) is 42.5 Å². The van der Waals surface area contributed by atoms with Crippen molar-refractivity contribution in [3.63, 3.8) is 0 Å². The summed E-state index contributed by atoms with van der Waals surface area (Å²) in [6, 6.07) is 17.9. The molecule has 0 atom stereocenters. The van der Waals surface area contributed by atoms with Crippen molar-refractivity contribution in [3.05, 3.63) is 65.7 Å². The Bertz CT molecular complexity index is 735. The maximum Gasteiger partial charge on any atom is 0.224 e. The van der Waals surface area contributed by atoms with Crippen molar-refractivity contribution >= 4 is 17.5 Å². The van der Waals surface area contributed by atoms with Crippen LogP contribution < -0.4 is 5.32 Å². The maximum absolute atomic E-state index is 12.2. The molecule has 0 aromatic heterocycles. The van der Waals surface area contributed by atoms with Crippen molar-refractivity contribution in [1.82, 2.24) is 4.90 Å². The maximum atomic E-state index is 12.2. The monoisotopic (exact) mass is 364 g/mol. The van der Waals surface area contributed by atoms with Gasteiger partial charge >= 0.3 is 0 Å². The van der Waals surface area contributed by atoms with E-state index in [-0.39, 0.29) is 11.8 Å². The molecule has 4 heteroatoms. The molecule has 2 aromatic carbocycles. The van der Waals surface area contributed by atoms with Crippen LogP contribution in [0, 0.1) is 0 Å². The summed E-state index contributed by atoms with van der Waals surface area (Å²) in [7, 11) is 0. The lowest BCUT2D eigenvalue weighted by Crippen LogP contribution is -2.35. The van der Waals surface area contributed by atoms with Crippen LogP contribution in [0.4, 0.5) is 5.69 Å². The molecule has 142 valence electrons.